The van der Waals surface area contributed by atoms with Crippen LogP contribution in [0.3, 0.4) is 0 Å². The molecule has 1 amide bonds. The van der Waals surface area contributed by atoms with E-state index in [0.29, 0.717) is 35.3 Å². The lowest BCUT2D eigenvalue weighted by Gasteiger charge is -2.47. The number of anilines is 3. The predicted octanol–water partition coefficient (Wildman–Crippen LogP) is 1.43. The fourth-order valence-electron chi connectivity index (χ4n) is 4.85. The first-order valence-corrected chi connectivity index (χ1v) is 12.8. The third-order valence-electron chi connectivity index (χ3n) is 6.66. The van der Waals surface area contributed by atoms with Gasteiger partial charge in [-0.25, -0.2) is 25.0 Å². The quantitative estimate of drug-likeness (QED) is 0.337. The van der Waals surface area contributed by atoms with Crippen molar-refractivity contribution in [3.8, 4) is 5.75 Å². The lowest BCUT2D eigenvalue weighted by atomic mass is 10.0. The number of carbonyl (C=O) groups is 1. The third-order valence-corrected chi connectivity index (χ3v) is 6.91. The number of phenols is 1. The maximum absolute atomic E-state index is 12.6. The molecule has 0 radical (unpaired) electrons. The average molecular weight is 539 g/mol. The number of hydrogen-bond acceptors (Lipinski definition) is 11. The molecule has 200 valence electrons. The van der Waals surface area contributed by atoms with Crippen LogP contribution in [0.2, 0.25) is 5.02 Å². The first-order valence-electron chi connectivity index (χ1n) is 12.5. The number of benzene rings is 2. The van der Waals surface area contributed by atoms with Crippen LogP contribution in [-0.2, 0) is 0 Å². The molecule has 2 atom stereocenters. The van der Waals surface area contributed by atoms with Crippen LogP contribution in [0, 0.1) is 0 Å². The third kappa shape index (κ3) is 6.01. The summed E-state index contributed by atoms with van der Waals surface area (Å²) < 4.78 is 0. The molecule has 13 heteroatoms. The number of carbonyl (C=O) groups excluding carboxylic acids is 1. The molecule has 5 rings (SSSR count). The molecule has 2 aliphatic rings. The van der Waals surface area contributed by atoms with Crippen LogP contribution in [0.4, 0.5) is 17.3 Å². The van der Waals surface area contributed by atoms with Gasteiger partial charge in [0.2, 0.25) is 5.95 Å². The van der Waals surface area contributed by atoms with Crippen molar-refractivity contribution in [2.75, 3.05) is 49.6 Å². The van der Waals surface area contributed by atoms with Crippen molar-refractivity contribution in [1.82, 2.24) is 30.0 Å². The van der Waals surface area contributed by atoms with Gasteiger partial charge < -0.3 is 21.9 Å². The van der Waals surface area contributed by atoms with E-state index >= 15 is 0 Å². The summed E-state index contributed by atoms with van der Waals surface area (Å²) in [5.74, 6) is -0.0149. The van der Waals surface area contributed by atoms with Crippen molar-refractivity contribution in [2.45, 2.75) is 18.5 Å². The number of nitrogens with zero attached hydrogens (tertiary/aromatic N) is 7. The molecule has 6 N–H and O–H groups in total. The topological polar surface area (TPSA) is 153 Å². The highest BCUT2D eigenvalue weighted by Gasteiger charge is 2.31. The number of phenolic OH excluding ortho intramolecular Hbond substituents is 1. The fraction of sp³-hybridized carbons (Fsp3) is 0.360. The Morgan fingerprint density at radius 2 is 1.63 bits per heavy atom. The highest BCUT2D eigenvalue weighted by molar-refractivity contribution is 6.30. The minimum atomic E-state index is -0.354. The number of nitrogens with one attached hydrogen (secondary N) is 1. The molecule has 2 unspecified atom stereocenters. The standard InChI is InChI=1S/C25H31ClN10O2/c26-18-3-1-17(2-4-18)24(38)32-22-6-5-21(12-23(22)37)36(25-30-15-29-16-31-25)34-9-7-33(8-10-34)35-13-19(27)11-20(28)14-35/h1-6,12,15-16,19-20,37H,7-11,13-14,27-28H2,(H,32,38). The Balaban J connectivity index is 1.32. The van der Waals surface area contributed by atoms with E-state index in [4.69, 9.17) is 23.1 Å². The van der Waals surface area contributed by atoms with Gasteiger partial charge in [-0.05, 0) is 42.8 Å². The van der Waals surface area contributed by atoms with Gasteiger partial charge in [0.1, 0.15) is 18.4 Å². The number of piperazine rings is 1. The van der Waals surface area contributed by atoms with Crippen LogP contribution >= 0.6 is 11.6 Å². The molecule has 2 aliphatic heterocycles. The zero-order valence-corrected chi connectivity index (χ0v) is 21.6. The Bertz CT molecular complexity index is 1230. The van der Waals surface area contributed by atoms with Crippen molar-refractivity contribution >= 4 is 34.8 Å². The molecule has 0 spiro atoms. The Kier molecular flexibility index (Phi) is 7.98. The Morgan fingerprint density at radius 1 is 0.974 bits per heavy atom. The van der Waals surface area contributed by atoms with E-state index in [1.54, 1.807) is 42.5 Å². The second kappa shape index (κ2) is 11.6. The Hall–Kier alpha value is -3.39. The van der Waals surface area contributed by atoms with Crippen LogP contribution in [0.15, 0.2) is 55.1 Å². The maximum Gasteiger partial charge on any atom is 0.255 e. The molecule has 3 aromatic rings. The van der Waals surface area contributed by atoms with Crippen LogP contribution in [0.5, 0.6) is 5.75 Å². The lowest BCUT2D eigenvalue weighted by Crippen LogP contribution is -2.63. The van der Waals surface area contributed by atoms with E-state index in [1.165, 1.54) is 12.7 Å². The molecule has 0 bridgehead atoms. The van der Waals surface area contributed by atoms with E-state index in [9.17, 15) is 9.90 Å². The summed E-state index contributed by atoms with van der Waals surface area (Å²) in [6.07, 6.45) is 3.70. The second-order valence-electron chi connectivity index (χ2n) is 9.45. The number of aromatic nitrogens is 3. The lowest BCUT2D eigenvalue weighted by molar-refractivity contribution is -0.0761. The molecular weight excluding hydrogens is 508 g/mol. The SMILES string of the molecule is NC1CC(N)CN(N2CCN(N(c3ccc(NC(=O)c4ccc(Cl)cc4)c(O)c3)c3ncncn3)CC2)C1. The van der Waals surface area contributed by atoms with E-state index in [0.717, 1.165) is 32.6 Å². The number of hydrogen-bond donors (Lipinski definition) is 4. The summed E-state index contributed by atoms with van der Waals surface area (Å²) in [5, 5.41) is 22.6. The molecule has 0 saturated carbocycles. The van der Waals surface area contributed by atoms with Crippen LogP contribution in [0.1, 0.15) is 16.8 Å². The van der Waals surface area contributed by atoms with Crippen molar-refractivity contribution in [3.05, 3.63) is 65.7 Å². The van der Waals surface area contributed by atoms with Gasteiger partial charge in [0.05, 0.1) is 11.4 Å². The van der Waals surface area contributed by atoms with Gasteiger partial charge in [-0.3, -0.25) is 4.79 Å². The Labute approximate surface area is 225 Å². The molecule has 38 heavy (non-hydrogen) atoms. The average Bonchev–Trinajstić information content (AvgIpc) is 2.91. The number of aromatic hydroxyl groups is 1. The first kappa shape index (κ1) is 26.2. The highest BCUT2D eigenvalue weighted by Crippen LogP contribution is 2.33. The van der Waals surface area contributed by atoms with Gasteiger partial charge >= 0.3 is 0 Å². The number of piperidine rings is 1. The molecule has 0 aliphatic carbocycles. The molecule has 12 nitrogen and oxygen atoms in total. The number of rotatable bonds is 6. The normalized spacial score (nSPS) is 21.2. The van der Waals surface area contributed by atoms with Crippen molar-refractivity contribution < 1.29 is 9.90 Å². The molecule has 2 saturated heterocycles. The highest BCUT2D eigenvalue weighted by atomic mass is 35.5. The van der Waals surface area contributed by atoms with Crippen LogP contribution < -0.4 is 21.8 Å². The first-order chi connectivity index (χ1) is 18.4. The van der Waals surface area contributed by atoms with Gasteiger partial charge in [-0.1, -0.05) is 11.6 Å². The molecule has 2 fully saturated rings. The van der Waals surface area contributed by atoms with Crippen LogP contribution in [-0.4, -0.2) is 92.3 Å². The van der Waals surface area contributed by atoms with Gasteiger partial charge in [-0.15, -0.1) is 0 Å². The summed E-state index contributed by atoms with van der Waals surface area (Å²) in [6.45, 7) is 4.49. The molecule has 2 aromatic carbocycles. The van der Waals surface area contributed by atoms with E-state index in [-0.39, 0.29) is 29.4 Å². The van der Waals surface area contributed by atoms with Crippen molar-refractivity contribution in [1.29, 1.82) is 0 Å². The van der Waals surface area contributed by atoms with Crippen LogP contribution in [0.25, 0.3) is 0 Å². The summed E-state index contributed by atoms with van der Waals surface area (Å²) >= 11 is 5.91. The van der Waals surface area contributed by atoms with Gasteiger partial charge in [0, 0.05) is 68.0 Å². The van der Waals surface area contributed by atoms with Gasteiger partial charge in [-0.2, -0.15) is 9.97 Å². The fourth-order valence-corrected chi connectivity index (χ4v) is 4.98. The minimum Gasteiger partial charge on any atom is -0.506 e. The number of amides is 1. The maximum atomic E-state index is 12.6. The molecular formula is C25H31ClN10O2. The number of hydrazine groups is 2. The van der Waals surface area contributed by atoms with E-state index < -0.39 is 0 Å². The summed E-state index contributed by atoms with van der Waals surface area (Å²) in [4.78, 5) is 25.3. The monoisotopic (exact) mass is 538 g/mol. The summed E-state index contributed by atoms with van der Waals surface area (Å²) in [7, 11) is 0. The predicted molar refractivity (Wildman–Crippen MR) is 145 cm³/mol. The number of nitrogens with two attached hydrogens (primary N) is 2. The Morgan fingerprint density at radius 3 is 2.26 bits per heavy atom. The number of halogens is 1. The van der Waals surface area contributed by atoms with Crippen molar-refractivity contribution in [2.24, 2.45) is 11.5 Å². The zero-order chi connectivity index (χ0) is 26.6. The summed E-state index contributed by atoms with van der Waals surface area (Å²) in [6, 6.07) is 11.7. The van der Waals surface area contributed by atoms with E-state index in [2.05, 4.69) is 35.3 Å². The van der Waals surface area contributed by atoms with E-state index in [1.807, 2.05) is 5.01 Å². The largest absolute Gasteiger partial charge is 0.506 e. The molecule has 1 aromatic heterocycles. The van der Waals surface area contributed by atoms with Crippen molar-refractivity contribution in [3.63, 3.8) is 0 Å². The summed E-state index contributed by atoms with van der Waals surface area (Å²) in [5.41, 5.74) is 13.8. The molecule has 3 heterocycles. The second-order valence-corrected chi connectivity index (χ2v) is 9.88. The zero-order valence-electron chi connectivity index (χ0n) is 20.8. The van der Waals surface area contributed by atoms with Gasteiger partial charge in [0.25, 0.3) is 5.91 Å². The smallest absolute Gasteiger partial charge is 0.255 e. The van der Waals surface area contributed by atoms with Gasteiger partial charge in [0.15, 0.2) is 0 Å². The minimum absolute atomic E-state index is 0.0696.